The first-order chi connectivity index (χ1) is 18.6. The first kappa shape index (κ1) is 23.7. The molecule has 0 fully saturated rings. The van der Waals surface area contributed by atoms with Crippen LogP contribution >= 0.6 is 11.8 Å². The van der Waals surface area contributed by atoms with Crippen molar-refractivity contribution in [3.8, 4) is 28.2 Å². The summed E-state index contributed by atoms with van der Waals surface area (Å²) in [6.45, 7) is 2.03. The maximum absolute atomic E-state index is 12.1. The van der Waals surface area contributed by atoms with Gasteiger partial charge in [0.2, 0.25) is 0 Å². The normalized spacial score (nSPS) is 14.1. The average Bonchev–Trinajstić information content (AvgIpc) is 3.54. The lowest BCUT2D eigenvalue weighted by atomic mass is 10.1. The second-order valence-corrected chi connectivity index (χ2v) is 9.97. The number of benzene rings is 4. The van der Waals surface area contributed by atoms with Gasteiger partial charge in [0.1, 0.15) is 5.84 Å². The lowest BCUT2D eigenvalue weighted by Gasteiger charge is -2.09. The van der Waals surface area contributed by atoms with Gasteiger partial charge in [0, 0.05) is 16.8 Å². The number of carbonyl (C=O) groups is 1. The van der Waals surface area contributed by atoms with Crippen LogP contribution in [0.4, 0.5) is 10.5 Å². The molecule has 0 bridgehead atoms. The van der Waals surface area contributed by atoms with E-state index in [4.69, 9.17) is 5.10 Å². The third kappa shape index (κ3) is 5.08. The molecule has 6 rings (SSSR count). The lowest BCUT2D eigenvalue weighted by molar-refractivity contribution is 0.268. The SMILES string of the molecule is Cc1cccc(NC2=NC(=O)SC2=Cc2ccc(-n3nc(-c4ccccc4)cc3-c3ccccc3)cc2)c1. The highest BCUT2D eigenvalue weighted by molar-refractivity contribution is 8.18. The van der Waals surface area contributed by atoms with Crippen molar-refractivity contribution in [1.29, 1.82) is 0 Å². The summed E-state index contributed by atoms with van der Waals surface area (Å²) < 4.78 is 1.98. The summed E-state index contributed by atoms with van der Waals surface area (Å²) in [5.41, 5.74) is 8.07. The molecule has 5 nitrogen and oxygen atoms in total. The van der Waals surface area contributed by atoms with Crippen molar-refractivity contribution < 1.29 is 4.79 Å². The summed E-state index contributed by atoms with van der Waals surface area (Å²) in [4.78, 5) is 17.1. The van der Waals surface area contributed by atoms with E-state index in [0.717, 1.165) is 61.7 Å². The number of amidine groups is 1. The average molecular weight is 513 g/mol. The van der Waals surface area contributed by atoms with E-state index in [1.807, 2.05) is 103 Å². The van der Waals surface area contributed by atoms with Crippen LogP contribution in [0.2, 0.25) is 0 Å². The number of carbonyl (C=O) groups excluding carboxylic acids is 1. The van der Waals surface area contributed by atoms with Crippen molar-refractivity contribution in [2.45, 2.75) is 6.92 Å². The van der Waals surface area contributed by atoms with Crippen LogP contribution in [0.3, 0.4) is 0 Å². The fraction of sp³-hybridized carbons (Fsp3) is 0.0312. The van der Waals surface area contributed by atoms with Gasteiger partial charge in [0.15, 0.2) is 0 Å². The van der Waals surface area contributed by atoms with Crippen LogP contribution in [-0.2, 0) is 0 Å². The Balaban J connectivity index is 1.32. The second-order valence-electron chi connectivity index (χ2n) is 8.98. The van der Waals surface area contributed by atoms with E-state index < -0.39 is 0 Å². The van der Waals surface area contributed by atoms with Gasteiger partial charge in [0.25, 0.3) is 0 Å². The monoisotopic (exact) mass is 512 g/mol. The lowest BCUT2D eigenvalue weighted by Crippen LogP contribution is -2.10. The number of nitrogens with zero attached hydrogens (tertiary/aromatic N) is 3. The first-order valence-corrected chi connectivity index (χ1v) is 13.1. The third-order valence-corrected chi connectivity index (χ3v) is 7.00. The molecule has 0 atom stereocenters. The Kier molecular flexibility index (Phi) is 6.46. The number of hydrogen-bond donors (Lipinski definition) is 1. The molecule has 2 heterocycles. The first-order valence-electron chi connectivity index (χ1n) is 12.3. The quantitative estimate of drug-likeness (QED) is 0.258. The minimum absolute atomic E-state index is 0.222. The fourth-order valence-electron chi connectivity index (χ4n) is 4.36. The van der Waals surface area contributed by atoms with Gasteiger partial charge >= 0.3 is 5.24 Å². The number of thioether (sulfide) groups is 1. The van der Waals surface area contributed by atoms with E-state index in [0.29, 0.717) is 5.84 Å². The molecule has 0 unspecified atom stereocenters. The third-order valence-electron chi connectivity index (χ3n) is 6.20. The Hall–Kier alpha value is -4.68. The van der Waals surface area contributed by atoms with E-state index in [9.17, 15) is 4.79 Å². The molecule has 5 aromatic rings. The molecule has 1 aliphatic heterocycles. The second kappa shape index (κ2) is 10.4. The van der Waals surface area contributed by atoms with Crippen LogP contribution in [0.25, 0.3) is 34.3 Å². The molecular formula is C32H24N4OS. The molecule has 1 aliphatic rings. The van der Waals surface area contributed by atoms with Gasteiger partial charge in [-0.2, -0.15) is 10.1 Å². The topological polar surface area (TPSA) is 59.3 Å². The predicted molar refractivity (Wildman–Crippen MR) is 158 cm³/mol. The van der Waals surface area contributed by atoms with Crippen LogP contribution in [-0.4, -0.2) is 20.9 Å². The van der Waals surface area contributed by atoms with E-state index in [1.54, 1.807) is 0 Å². The molecule has 6 heteroatoms. The van der Waals surface area contributed by atoms with Gasteiger partial charge in [-0.15, -0.1) is 0 Å². The molecule has 0 saturated heterocycles. The van der Waals surface area contributed by atoms with Gasteiger partial charge in [-0.1, -0.05) is 84.9 Å². The summed E-state index contributed by atoms with van der Waals surface area (Å²) in [6, 6.07) is 38.8. The molecule has 0 saturated carbocycles. The van der Waals surface area contributed by atoms with Crippen molar-refractivity contribution in [2.75, 3.05) is 5.32 Å². The minimum atomic E-state index is -0.222. The predicted octanol–water partition coefficient (Wildman–Crippen LogP) is 8.23. The zero-order valence-electron chi connectivity index (χ0n) is 20.7. The number of hydrogen-bond acceptors (Lipinski definition) is 4. The molecule has 1 N–H and O–H groups in total. The van der Waals surface area contributed by atoms with Gasteiger partial charge in [-0.3, -0.25) is 4.79 Å². The van der Waals surface area contributed by atoms with Crippen LogP contribution in [0.1, 0.15) is 11.1 Å². The Labute approximate surface area is 225 Å². The van der Waals surface area contributed by atoms with Crippen molar-refractivity contribution in [2.24, 2.45) is 4.99 Å². The number of aryl methyl sites for hydroxylation is 1. The molecule has 184 valence electrons. The Morgan fingerprint density at radius 1 is 0.789 bits per heavy atom. The van der Waals surface area contributed by atoms with E-state index >= 15 is 0 Å². The van der Waals surface area contributed by atoms with Crippen LogP contribution in [0, 0.1) is 6.92 Å². The van der Waals surface area contributed by atoms with Crippen LogP contribution in [0.15, 0.2) is 125 Å². The van der Waals surface area contributed by atoms with Gasteiger partial charge in [-0.25, -0.2) is 4.68 Å². The fourth-order valence-corrected chi connectivity index (χ4v) is 5.08. The summed E-state index contributed by atoms with van der Waals surface area (Å²) in [7, 11) is 0. The maximum atomic E-state index is 12.1. The van der Waals surface area contributed by atoms with Crippen molar-refractivity contribution in [3.05, 3.63) is 131 Å². The standard InChI is InChI=1S/C32H24N4OS/c1-22-9-8-14-26(19-22)33-31-30(38-32(37)34-31)20-23-15-17-27(18-16-23)36-29(25-12-6-3-7-13-25)21-28(35-36)24-10-4-2-5-11-24/h2-21H,1H3,(H,33,34,37). The molecule has 1 amide bonds. The van der Waals surface area contributed by atoms with Crippen molar-refractivity contribution in [3.63, 3.8) is 0 Å². The Morgan fingerprint density at radius 2 is 1.50 bits per heavy atom. The van der Waals surface area contributed by atoms with Gasteiger partial charge in [-0.05, 0) is 66.2 Å². The zero-order chi connectivity index (χ0) is 25.9. The highest BCUT2D eigenvalue weighted by atomic mass is 32.2. The minimum Gasteiger partial charge on any atom is -0.339 e. The highest BCUT2D eigenvalue weighted by Crippen LogP contribution is 2.32. The van der Waals surface area contributed by atoms with Gasteiger partial charge in [0.05, 0.1) is 22.0 Å². The van der Waals surface area contributed by atoms with Gasteiger partial charge < -0.3 is 5.32 Å². The highest BCUT2D eigenvalue weighted by Gasteiger charge is 2.22. The van der Waals surface area contributed by atoms with E-state index in [-0.39, 0.29) is 5.24 Å². The molecule has 0 spiro atoms. The molecule has 0 radical (unpaired) electrons. The molecule has 38 heavy (non-hydrogen) atoms. The molecular weight excluding hydrogens is 488 g/mol. The number of anilines is 1. The summed E-state index contributed by atoms with van der Waals surface area (Å²) in [5.74, 6) is 0.570. The molecule has 0 aliphatic carbocycles. The smallest absolute Gasteiger partial charge is 0.311 e. The number of nitrogens with one attached hydrogen (secondary N) is 1. The maximum Gasteiger partial charge on any atom is 0.311 e. The number of amides is 1. The van der Waals surface area contributed by atoms with E-state index in [2.05, 4.69) is 40.6 Å². The van der Waals surface area contributed by atoms with Crippen molar-refractivity contribution in [1.82, 2.24) is 9.78 Å². The Bertz CT molecular complexity index is 1670. The molecule has 1 aromatic heterocycles. The summed E-state index contributed by atoms with van der Waals surface area (Å²) in [5, 5.41) is 8.03. The zero-order valence-corrected chi connectivity index (χ0v) is 21.5. The molecule has 4 aromatic carbocycles. The number of aliphatic imine (C=N–C) groups is 1. The summed E-state index contributed by atoms with van der Waals surface area (Å²) >= 11 is 1.13. The Morgan fingerprint density at radius 3 is 2.21 bits per heavy atom. The van der Waals surface area contributed by atoms with Crippen LogP contribution in [0.5, 0.6) is 0 Å². The van der Waals surface area contributed by atoms with Crippen LogP contribution < -0.4 is 5.32 Å². The summed E-state index contributed by atoms with van der Waals surface area (Å²) in [6.07, 6.45) is 1.98. The largest absolute Gasteiger partial charge is 0.339 e. The van der Waals surface area contributed by atoms with E-state index in [1.165, 1.54) is 0 Å². The number of aromatic nitrogens is 2. The van der Waals surface area contributed by atoms with Crippen molar-refractivity contribution >= 4 is 34.6 Å². The number of rotatable bonds is 5.